The van der Waals surface area contributed by atoms with Crippen LogP contribution in [0.1, 0.15) is 19.4 Å². The van der Waals surface area contributed by atoms with Crippen LogP contribution in [0.3, 0.4) is 0 Å². The lowest BCUT2D eigenvalue weighted by atomic mass is 10.2. The van der Waals surface area contributed by atoms with Crippen molar-refractivity contribution in [1.82, 2.24) is 9.78 Å². The number of hydrogen-bond donors (Lipinski definition) is 0. The lowest BCUT2D eigenvalue weighted by molar-refractivity contribution is 0.101. The van der Waals surface area contributed by atoms with Gasteiger partial charge < -0.3 is 4.74 Å². The number of rotatable bonds is 5. The molecule has 1 aromatic rings. The third-order valence-corrected chi connectivity index (χ3v) is 2.87. The molecule has 0 aliphatic carbocycles. The summed E-state index contributed by atoms with van der Waals surface area (Å²) >= 11 is 2.24. The monoisotopic (exact) mass is 308 g/mol. The van der Waals surface area contributed by atoms with Crippen LogP contribution in [0.15, 0.2) is 6.20 Å². The summed E-state index contributed by atoms with van der Waals surface area (Å²) in [6.07, 6.45) is 2.06. The fraction of sp³-hybridized carbons (Fsp3) is 0.700. The maximum Gasteiger partial charge on any atom is 0.126 e. The second kappa shape index (κ2) is 5.70. The van der Waals surface area contributed by atoms with Gasteiger partial charge in [0, 0.05) is 18.4 Å². The summed E-state index contributed by atoms with van der Waals surface area (Å²) in [6, 6.07) is 0. The standard InChI is InChI=1S/C10H17IN2O/c1-8(2)7-14-5-4-13-6-9(3)10(11)12-13/h6,8H,4-5,7H2,1-3H3. The molecule has 1 heterocycles. The van der Waals surface area contributed by atoms with E-state index < -0.39 is 0 Å². The quantitative estimate of drug-likeness (QED) is 0.617. The molecule has 0 N–H and O–H groups in total. The molecule has 0 radical (unpaired) electrons. The Labute approximate surface area is 99.0 Å². The molecular formula is C10H17IN2O. The van der Waals surface area contributed by atoms with Crippen molar-refractivity contribution in [1.29, 1.82) is 0 Å². The lowest BCUT2D eigenvalue weighted by Crippen LogP contribution is -2.09. The number of halogens is 1. The number of aromatic nitrogens is 2. The minimum Gasteiger partial charge on any atom is -0.379 e. The van der Waals surface area contributed by atoms with Crippen molar-refractivity contribution in [2.75, 3.05) is 13.2 Å². The van der Waals surface area contributed by atoms with Gasteiger partial charge in [0.25, 0.3) is 0 Å². The SMILES string of the molecule is Cc1cn(CCOCC(C)C)nc1I. The normalized spacial score (nSPS) is 11.2. The summed E-state index contributed by atoms with van der Waals surface area (Å²) in [6.45, 7) is 8.80. The van der Waals surface area contributed by atoms with Crippen molar-refractivity contribution < 1.29 is 4.74 Å². The third kappa shape index (κ3) is 3.96. The van der Waals surface area contributed by atoms with Gasteiger partial charge in [0.1, 0.15) is 3.70 Å². The van der Waals surface area contributed by atoms with Gasteiger partial charge in [-0.1, -0.05) is 13.8 Å². The zero-order valence-corrected chi connectivity index (χ0v) is 11.1. The van der Waals surface area contributed by atoms with E-state index >= 15 is 0 Å². The van der Waals surface area contributed by atoms with E-state index in [0.29, 0.717) is 5.92 Å². The van der Waals surface area contributed by atoms with Crippen LogP contribution >= 0.6 is 22.6 Å². The zero-order chi connectivity index (χ0) is 10.6. The van der Waals surface area contributed by atoms with E-state index in [9.17, 15) is 0 Å². The van der Waals surface area contributed by atoms with E-state index in [0.717, 1.165) is 23.5 Å². The molecule has 14 heavy (non-hydrogen) atoms. The summed E-state index contributed by atoms with van der Waals surface area (Å²) < 4.78 is 8.50. The number of nitrogens with zero attached hydrogens (tertiary/aromatic N) is 2. The van der Waals surface area contributed by atoms with Crippen LogP contribution in [-0.4, -0.2) is 23.0 Å². The molecule has 3 nitrogen and oxygen atoms in total. The van der Waals surface area contributed by atoms with Crippen molar-refractivity contribution >= 4 is 22.6 Å². The highest BCUT2D eigenvalue weighted by atomic mass is 127. The average molecular weight is 308 g/mol. The molecule has 0 saturated heterocycles. The van der Waals surface area contributed by atoms with E-state index in [1.807, 2.05) is 4.68 Å². The van der Waals surface area contributed by atoms with Crippen molar-refractivity contribution in [3.63, 3.8) is 0 Å². The zero-order valence-electron chi connectivity index (χ0n) is 8.96. The molecule has 1 aromatic heterocycles. The predicted octanol–water partition coefficient (Wildman–Crippen LogP) is 2.47. The van der Waals surface area contributed by atoms with Gasteiger partial charge in [-0.05, 0) is 35.4 Å². The number of aryl methyl sites for hydroxylation is 1. The van der Waals surface area contributed by atoms with Gasteiger partial charge in [0.15, 0.2) is 0 Å². The molecule has 80 valence electrons. The van der Waals surface area contributed by atoms with Crippen LogP contribution in [0.4, 0.5) is 0 Å². The van der Waals surface area contributed by atoms with Crippen molar-refractivity contribution in [3.8, 4) is 0 Å². The molecule has 4 heteroatoms. The Balaban J connectivity index is 2.25. The van der Waals surface area contributed by atoms with Gasteiger partial charge in [-0.15, -0.1) is 0 Å². The fourth-order valence-corrected chi connectivity index (χ4v) is 1.51. The highest BCUT2D eigenvalue weighted by Crippen LogP contribution is 2.07. The molecule has 1 rings (SSSR count). The van der Waals surface area contributed by atoms with Crippen LogP contribution < -0.4 is 0 Å². The van der Waals surface area contributed by atoms with E-state index in [2.05, 4.69) is 54.7 Å². The van der Waals surface area contributed by atoms with E-state index in [4.69, 9.17) is 4.74 Å². The summed E-state index contributed by atoms with van der Waals surface area (Å²) in [5, 5.41) is 4.35. The Hall–Kier alpha value is -0.100. The third-order valence-electron chi connectivity index (χ3n) is 1.80. The molecule has 0 saturated carbocycles. The van der Waals surface area contributed by atoms with Gasteiger partial charge in [0.05, 0.1) is 13.2 Å². The molecule has 0 spiro atoms. The first-order valence-electron chi connectivity index (χ1n) is 4.87. The highest BCUT2D eigenvalue weighted by molar-refractivity contribution is 14.1. The Morgan fingerprint density at radius 3 is 2.79 bits per heavy atom. The fourth-order valence-electron chi connectivity index (χ4n) is 1.09. The maximum absolute atomic E-state index is 5.48. The van der Waals surface area contributed by atoms with Gasteiger partial charge in [-0.2, -0.15) is 5.10 Å². The molecule has 0 unspecified atom stereocenters. The summed E-state index contributed by atoms with van der Waals surface area (Å²) in [5.74, 6) is 0.606. The predicted molar refractivity (Wildman–Crippen MR) is 65.3 cm³/mol. The Morgan fingerprint density at radius 1 is 1.57 bits per heavy atom. The molecule has 0 bridgehead atoms. The molecule has 0 fully saturated rings. The van der Waals surface area contributed by atoms with Gasteiger partial charge in [-0.25, -0.2) is 0 Å². The van der Waals surface area contributed by atoms with Crippen molar-refractivity contribution in [3.05, 3.63) is 15.5 Å². The molecule has 0 aliphatic heterocycles. The van der Waals surface area contributed by atoms with Crippen LogP contribution in [0.25, 0.3) is 0 Å². The molecular weight excluding hydrogens is 291 g/mol. The van der Waals surface area contributed by atoms with Crippen LogP contribution in [0.2, 0.25) is 0 Å². The summed E-state index contributed by atoms with van der Waals surface area (Å²) in [5.41, 5.74) is 1.23. The topological polar surface area (TPSA) is 27.1 Å². The minimum absolute atomic E-state index is 0.606. The van der Waals surface area contributed by atoms with E-state index in [1.165, 1.54) is 5.56 Å². The molecule has 0 amide bonds. The van der Waals surface area contributed by atoms with Crippen molar-refractivity contribution in [2.45, 2.75) is 27.3 Å². The van der Waals surface area contributed by atoms with Crippen molar-refractivity contribution in [2.24, 2.45) is 5.92 Å². The maximum atomic E-state index is 5.48. The van der Waals surface area contributed by atoms with E-state index in [-0.39, 0.29) is 0 Å². The van der Waals surface area contributed by atoms with Crippen LogP contribution in [0.5, 0.6) is 0 Å². The molecule has 0 aromatic carbocycles. The lowest BCUT2D eigenvalue weighted by Gasteiger charge is -2.06. The number of hydrogen-bond acceptors (Lipinski definition) is 2. The summed E-state index contributed by atoms with van der Waals surface area (Å²) in [4.78, 5) is 0. The first kappa shape index (κ1) is 12.0. The smallest absolute Gasteiger partial charge is 0.126 e. The molecule has 0 aliphatic rings. The minimum atomic E-state index is 0.606. The Morgan fingerprint density at radius 2 is 2.29 bits per heavy atom. The average Bonchev–Trinajstić information content (AvgIpc) is 2.40. The second-order valence-corrected chi connectivity index (χ2v) is 4.86. The Kier molecular flexibility index (Phi) is 4.88. The van der Waals surface area contributed by atoms with Gasteiger partial charge in [-0.3, -0.25) is 4.68 Å². The van der Waals surface area contributed by atoms with E-state index in [1.54, 1.807) is 0 Å². The van der Waals surface area contributed by atoms with Crippen LogP contribution in [-0.2, 0) is 11.3 Å². The number of ether oxygens (including phenoxy) is 1. The van der Waals surface area contributed by atoms with Crippen LogP contribution in [0, 0.1) is 16.5 Å². The summed E-state index contributed by atoms with van der Waals surface area (Å²) in [7, 11) is 0. The first-order valence-corrected chi connectivity index (χ1v) is 5.94. The van der Waals surface area contributed by atoms with Gasteiger partial charge >= 0.3 is 0 Å². The van der Waals surface area contributed by atoms with Gasteiger partial charge in [0.2, 0.25) is 0 Å². The Bertz CT molecular complexity index is 264. The first-order chi connectivity index (χ1) is 6.59. The largest absolute Gasteiger partial charge is 0.379 e. The molecule has 0 atom stereocenters. The second-order valence-electron chi connectivity index (χ2n) is 3.83. The highest BCUT2D eigenvalue weighted by Gasteiger charge is 2.00.